The molecule has 3 rings (SSSR count). The fourth-order valence-electron chi connectivity index (χ4n) is 2.58. The molecule has 0 bridgehead atoms. The molecule has 0 radical (unpaired) electrons. The van der Waals surface area contributed by atoms with Gasteiger partial charge in [-0.2, -0.15) is 5.26 Å². The van der Waals surface area contributed by atoms with Crippen molar-refractivity contribution in [3.8, 4) is 11.8 Å². The second kappa shape index (κ2) is 9.59. The maximum absolute atomic E-state index is 12.3. The summed E-state index contributed by atoms with van der Waals surface area (Å²) in [6.45, 7) is 1.62. The fourth-order valence-corrected chi connectivity index (χ4v) is 2.77. The third-order valence-electron chi connectivity index (χ3n) is 4.16. The SMILES string of the molecule is CC(Oc1ccc(C(=O)Nc2cccc(Cl)c2)cc1)C(=O)Nc1ccc(C#N)cc1. The number of amides is 2. The van der Waals surface area contributed by atoms with E-state index in [9.17, 15) is 9.59 Å². The lowest BCUT2D eigenvalue weighted by Gasteiger charge is -2.15. The molecule has 30 heavy (non-hydrogen) atoms. The van der Waals surface area contributed by atoms with E-state index < -0.39 is 6.10 Å². The van der Waals surface area contributed by atoms with Crippen molar-refractivity contribution in [3.05, 3.63) is 88.9 Å². The third kappa shape index (κ3) is 5.60. The molecule has 0 saturated carbocycles. The number of carbonyl (C=O) groups excluding carboxylic acids is 2. The van der Waals surface area contributed by atoms with Crippen molar-refractivity contribution in [1.29, 1.82) is 5.26 Å². The van der Waals surface area contributed by atoms with E-state index in [0.717, 1.165) is 0 Å². The fraction of sp³-hybridized carbons (Fsp3) is 0.0870. The predicted molar refractivity (Wildman–Crippen MR) is 116 cm³/mol. The maximum atomic E-state index is 12.3. The van der Waals surface area contributed by atoms with E-state index in [1.807, 2.05) is 6.07 Å². The third-order valence-corrected chi connectivity index (χ3v) is 4.40. The molecule has 3 aromatic carbocycles. The minimum absolute atomic E-state index is 0.282. The van der Waals surface area contributed by atoms with Crippen LogP contribution in [0.3, 0.4) is 0 Å². The van der Waals surface area contributed by atoms with E-state index in [4.69, 9.17) is 21.6 Å². The van der Waals surface area contributed by atoms with Crippen molar-refractivity contribution in [2.75, 3.05) is 10.6 Å². The number of hydrogen-bond acceptors (Lipinski definition) is 4. The largest absolute Gasteiger partial charge is 0.481 e. The molecule has 0 saturated heterocycles. The monoisotopic (exact) mass is 419 g/mol. The van der Waals surface area contributed by atoms with Gasteiger partial charge in [0.05, 0.1) is 11.6 Å². The standard InChI is InChI=1S/C23H18ClN3O3/c1-15(22(28)26-19-9-5-16(14-25)6-10-19)30-21-11-7-17(8-12-21)23(29)27-20-4-2-3-18(24)13-20/h2-13,15H,1H3,(H,26,28)(H,27,29). The van der Waals surface area contributed by atoms with E-state index in [1.54, 1.807) is 79.7 Å². The summed E-state index contributed by atoms with van der Waals surface area (Å²) in [6, 6.07) is 21.9. The van der Waals surface area contributed by atoms with Crippen molar-refractivity contribution >= 4 is 34.8 Å². The molecule has 0 aliphatic carbocycles. The average Bonchev–Trinajstić information content (AvgIpc) is 2.74. The first kappa shape index (κ1) is 20.9. The first-order valence-electron chi connectivity index (χ1n) is 9.09. The lowest BCUT2D eigenvalue weighted by Crippen LogP contribution is -2.30. The number of nitrogens with zero attached hydrogens (tertiary/aromatic N) is 1. The second-order valence-corrected chi connectivity index (χ2v) is 6.86. The average molecular weight is 420 g/mol. The van der Waals surface area contributed by atoms with Gasteiger partial charge in [0.25, 0.3) is 11.8 Å². The van der Waals surface area contributed by atoms with Gasteiger partial charge >= 0.3 is 0 Å². The van der Waals surface area contributed by atoms with Gasteiger partial charge in [-0.15, -0.1) is 0 Å². The van der Waals surface area contributed by atoms with Gasteiger partial charge in [-0.25, -0.2) is 0 Å². The molecular formula is C23H18ClN3O3. The van der Waals surface area contributed by atoms with Crippen molar-refractivity contribution in [2.45, 2.75) is 13.0 Å². The van der Waals surface area contributed by atoms with Crippen LogP contribution in [-0.2, 0) is 4.79 Å². The van der Waals surface area contributed by atoms with E-state index in [1.165, 1.54) is 0 Å². The first-order valence-corrected chi connectivity index (χ1v) is 9.47. The van der Waals surface area contributed by atoms with Crippen LogP contribution in [0.4, 0.5) is 11.4 Å². The summed E-state index contributed by atoms with van der Waals surface area (Å²) < 4.78 is 5.65. The zero-order valence-corrected chi connectivity index (χ0v) is 16.8. The molecule has 150 valence electrons. The molecule has 0 spiro atoms. The number of anilines is 2. The summed E-state index contributed by atoms with van der Waals surface area (Å²) in [5.74, 6) is -0.158. The van der Waals surface area contributed by atoms with Crippen LogP contribution < -0.4 is 15.4 Å². The van der Waals surface area contributed by atoms with Gasteiger partial charge in [-0.05, 0) is 73.7 Å². The lowest BCUT2D eigenvalue weighted by molar-refractivity contribution is -0.122. The van der Waals surface area contributed by atoms with E-state index in [0.29, 0.717) is 33.3 Å². The summed E-state index contributed by atoms with van der Waals surface area (Å²) in [6.07, 6.45) is -0.758. The Kier molecular flexibility index (Phi) is 6.68. The molecule has 0 aliphatic rings. The molecule has 1 unspecified atom stereocenters. The molecule has 2 amide bonds. The summed E-state index contributed by atoms with van der Waals surface area (Å²) in [5.41, 5.74) is 2.12. The van der Waals surface area contributed by atoms with Gasteiger partial charge < -0.3 is 15.4 Å². The minimum atomic E-state index is -0.758. The Morgan fingerprint density at radius 1 is 0.967 bits per heavy atom. The molecule has 1 atom stereocenters. The van der Waals surface area contributed by atoms with Crippen molar-refractivity contribution in [3.63, 3.8) is 0 Å². The number of rotatable bonds is 6. The van der Waals surface area contributed by atoms with Crippen LogP contribution in [0.15, 0.2) is 72.8 Å². The van der Waals surface area contributed by atoms with Gasteiger partial charge in [0.15, 0.2) is 6.10 Å². The highest BCUT2D eigenvalue weighted by molar-refractivity contribution is 6.31. The Morgan fingerprint density at radius 3 is 2.30 bits per heavy atom. The molecule has 0 aliphatic heterocycles. The molecule has 3 aromatic rings. The van der Waals surface area contributed by atoms with Crippen LogP contribution in [0.5, 0.6) is 5.75 Å². The van der Waals surface area contributed by atoms with Gasteiger partial charge in [-0.1, -0.05) is 17.7 Å². The summed E-state index contributed by atoms with van der Waals surface area (Å²) in [5, 5.41) is 14.8. The van der Waals surface area contributed by atoms with E-state index >= 15 is 0 Å². The summed E-state index contributed by atoms with van der Waals surface area (Å²) in [7, 11) is 0. The Bertz CT molecular complexity index is 1090. The molecule has 6 nitrogen and oxygen atoms in total. The van der Waals surface area contributed by atoms with Crippen LogP contribution in [-0.4, -0.2) is 17.9 Å². The smallest absolute Gasteiger partial charge is 0.265 e. The maximum Gasteiger partial charge on any atom is 0.265 e. The highest BCUT2D eigenvalue weighted by Crippen LogP contribution is 2.18. The van der Waals surface area contributed by atoms with Gasteiger partial charge in [0.2, 0.25) is 0 Å². The van der Waals surface area contributed by atoms with Crippen molar-refractivity contribution in [1.82, 2.24) is 0 Å². The number of nitriles is 1. The lowest BCUT2D eigenvalue weighted by atomic mass is 10.2. The Hall–Kier alpha value is -3.82. The molecule has 0 fully saturated rings. The van der Waals surface area contributed by atoms with Gasteiger partial charge in [0, 0.05) is 22.0 Å². The van der Waals surface area contributed by atoms with Crippen LogP contribution >= 0.6 is 11.6 Å². The predicted octanol–water partition coefficient (Wildman–Crippen LogP) is 4.87. The van der Waals surface area contributed by atoms with Gasteiger partial charge in [0.1, 0.15) is 5.75 Å². The molecule has 7 heteroatoms. The second-order valence-electron chi connectivity index (χ2n) is 6.43. The highest BCUT2D eigenvalue weighted by Gasteiger charge is 2.15. The van der Waals surface area contributed by atoms with Crippen LogP contribution in [0.2, 0.25) is 5.02 Å². The number of nitrogens with one attached hydrogen (secondary N) is 2. The zero-order valence-electron chi connectivity index (χ0n) is 16.1. The van der Waals surface area contributed by atoms with Crippen LogP contribution in [0, 0.1) is 11.3 Å². The quantitative estimate of drug-likeness (QED) is 0.596. The number of hydrogen-bond donors (Lipinski definition) is 2. The van der Waals surface area contributed by atoms with E-state index in [2.05, 4.69) is 10.6 Å². The van der Waals surface area contributed by atoms with Gasteiger partial charge in [-0.3, -0.25) is 9.59 Å². The Balaban J connectivity index is 1.56. The molecule has 0 heterocycles. The van der Waals surface area contributed by atoms with Crippen molar-refractivity contribution in [2.24, 2.45) is 0 Å². The van der Waals surface area contributed by atoms with Crippen LogP contribution in [0.1, 0.15) is 22.8 Å². The Morgan fingerprint density at radius 2 is 1.67 bits per heavy atom. The van der Waals surface area contributed by atoms with Crippen molar-refractivity contribution < 1.29 is 14.3 Å². The zero-order chi connectivity index (χ0) is 21.5. The summed E-state index contributed by atoms with van der Waals surface area (Å²) >= 11 is 5.92. The van der Waals surface area contributed by atoms with E-state index in [-0.39, 0.29) is 11.8 Å². The minimum Gasteiger partial charge on any atom is -0.481 e. The number of halogens is 1. The number of ether oxygens (including phenoxy) is 1. The molecule has 2 N–H and O–H groups in total. The molecular weight excluding hydrogens is 402 g/mol. The summed E-state index contributed by atoms with van der Waals surface area (Å²) in [4.78, 5) is 24.6. The molecule has 0 aromatic heterocycles. The number of benzene rings is 3. The highest BCUT2D eigenvalue weighted by atomic mass is 35.5. The Labute approximate surface area is 179 Å². The van der Waals surface area contributed by atoms with Crippen LogP contribution in [0.25, 0.3) is 0 Å². The number of carbonyl (C=O) groups is 2. The first-order chi connectivity index (χ1) is 14.4. The normalized spacial score (nSPS) is 11.1. The topological polar surface area (TPSA) is 91.2 Å².